The predicted octanol–water partition coefficient (Wildman–Crippen LogP) is 3.62. The number of methoxy groups -OCH3 is 1. The highest BCUT2D eigenvalue weighted by atomic mass is 32.1. The van der Waals surface area contributed by atoms with Crippen LogP contribution in [0.5, 0.6) is 11.5 Å². The molecule has 1 aliphatic carbocycles. The molecule has 2 aromatic rings. The largest absolute Gasteiger partial charge is 0.493 e. The molecule has 0 fully saturated rings. The van der Waals surface area contributed by atoms with Gasteiger partial charge < -0.3 is 24.3 Å². The van der Waals surface area contributed by atoms with Gasteiger partial charge in [0, 0.05) is 4.88 Å². The zero-order chi connectivity index (χ0) is 22.4. The summed E-state index contributed by atoms with van der Waals surface area (Å²) in [7, 11) is 1.51. The number of anilines is 1. The van der Waals surface area contributed by atoms with Gasteiger partial charge in [0.1, 0.15) is 5.00 Å². The van der Waals surface area contributed by atoms with Crippen LogP contribution < -0.4 is 14.8 Å². The summed E-state index contributed by atoms with van der Waals surface area (Å²) in [5, 5.41) is 3.13. The molecule has 1 aliphatic rings. The maximum Gasteiger partial charge on any atom is 0.341 e. The molecule has 0 saturated carbocycles. The molecule has 0 aliphatic heterocycles. The van der Waals surface area contributed by atoms with E-state index < -0.39 is 24.5 Å². The summed E-state index contributed by atoms with van der Waals surface area (Å²) in [5.74, 6) is -0.740. The lowest BCUT2D eigenvalue weighted by molar-refractivity contribution is -0.119. The number of hydrogen-bond donors (Lipinski definition) is 1. The fraction of sp³-hybridized carbons (Fsp3) is 0.409. The summed E-state index contributed by atoms with van der Waals surface area (Å²) in [5.41, 5.74) is 1.59. The first kappa shape index (κ1) is 22.6. The second kappa shape index (κ2) is 10.3. The quantitative estimate of drug-likeness (QED) is 0.586. The third-order valence-corrected chi connectivity index (χ3v) is 5.89. The molecule has 1 aromatic heterocycles. The molecule has 1 aromatic carbocycles. The minimum Gasteiger partial charge on any atom is -0.493 e. The highest BCUT2D eigenvalue weighted by Gasteiger charge is 2.28. The minimum absolute atomic E-state index is 0.236. The number of nitrogens with one attached hydrogen (secondary N) is 1. The molecule has 0 atom stereocenters. The van der Waals surface area contributed by atoms with Crippen LogP contribution in [0.15, 0.2) is 18.2 Å². The minimum atomic E-state index is -0.668. The molecule has 0 radical (unpaired) electrons. The second-order valence-corrected chi connectivity index (χ2v) is 7.81. The summed E-state index contributed by atoms with van der Waals surface area (Å²) in [6.45, 7) is 3.72. The van der Waals surface area contributed by atoms with Gasteiger partial charge in [-0.05, 0) is 56.9 Å². The summed E-state index contributed by atoms with van der Waals surface area (Å²) in [4.78, 5) is 38.2. The molecular formula is C22H25NO7S. The third-order valence-electron chi connectivity index (χ3n) is 4.69. The van der Waals surface area contributed by atoms with Crippen LogP contribution in [-0.2, 0) is 27.1 Å². The van der Waals surface area contributed by atoms with Crippen LogP contribution in [0.1, 0.15) is 51.4 Å². The number of thiophene rings is 1. The average molecular weight is 448 g/mol. The highest BCUT2D eigenvalue weighted by Crippen LogP contribution is 2.39. The van der Waals surface area contributed by atoms with Crippen LogP contribution in [0.2, 0.25) is 0 Å². The van der Waals surface area contributed by atoms with Crippen molar-refractivity contribution in [1.82, 2.24) is 0 Å². The van der Waals surface area contributed by atoms with Crippen molar-refractivity contribution >= 4 is 34.2 Å². The molecule has 1 heterocycles. The molecule has 0 spiro atoms. The van der Waals surface area contributed by atoms with E-state index in [9.17, 15) is 14.4 Å². The number of rotatable bonds is 9. The molecule has 0 bridgehead atoms. The molecule has 166 valence electrons. The number of amides is 1. The number of ether oxygens (including phenoxy) is 4. The number of aryl methyl sites for hydroxylation is 1. The number of esters is 2. The lowest BCUT2D eigenvalue weighted by Crippen LogP contribution is -2.22. The van der Waals surface area contributed by atoms with E-state index in [4.69, 9.17) is 18.9 Å². The van der Waals surface area contributed by atoms with E-state index in [1.54, 1.807) is 13.0 Å². The first-order valence-corrected chi connectivity index (χ1v) is 10.9. The number of carbonyl (C=O) groups excluding carboxylic acids is 3. The Kier molecular flexibility index (Phi) is 7.51. The van der Waals surface area contributed by atoms with Gasteiger partial charge >= 0.3 is 11.9 Å². The van der Waals surface area contributed by atoms with Crippen LogP contribution in [0.4, 0.5) is 5.00 Å². The smallest absolute Gasteiger partial charge is 0.341 e. The molecular weight excluding hydrogens is 422 g/mol. The zero-order valence-corrected chi connectivity index (χ0v) is 18.6. The van der Waals surface area contributed by atoms with Gasteiger partial charge in [-0.1, -0.05) is 0 Å². The van der Waals surface area contributed by atoms with E-state index in [0.717, 1.165) is 29.7 Å². The van der Waals surface area contributed by atoms with Gasteiger partial charge in [-0.25, -0.2) is 9.59 Å². The van der Waals surface area contributed by atoms with Crippen molar-refractivity contribution in [2.24, 2.45) is 0 Å². The van der Waals surface area contributed by atoms with Crippen LogP contribution in [-0.4, -0.2) is 44.8 Å². The topological polar surface area (TPSA) is 100 Å². The fourth-order valence-corrected chi connectivity index (χ4v) is 4.65. The van der Waals surface area contributed by atoms with Crippen molar-refractivity contribution in [2.75, 3.05) is 32.2 Å². The first-order chi connectivity index (χ1) is 15.0. The van der Waals surface area contributed by atoms with Crippen molar-refractivity contribution in [3.8, 4) is 11.5 Å². The molecule has 9 heteroatoms. The third kappa shape index (κ3) is 5.16. The van der Waals surface area contributed by atoms with Gasteiger partial charge in [0.2, 0.25) is 0 Å². The molecule has 1 amide bonds. The lowest BCUT2D eigenvalue weighted by Gasteiger charge is -2.11. The molecule has 0 saturated heterocycles. The Bertz CT molecular complexity index is 982. The summed E-state index contributed by atoms with van der Waals surface area (Å²) in [6.07, 6.45) is 2.63. The summed E-state index contributed by atoms with van der Waals surface area (Å²) in [6, 6.07) is 4.63. The molecule has 31 heavy (non-hydrogen) atoms. The van der Waals surface area contributed by atoms with E-state index in [1.165, 1.54) is 30.6 Å². The van der Waals surface area contributed by atoms with Crippen molar-refractivity contribution in [1.29, 1.82) is 0 Å². The van der Waals surface area contributed by atoms with Gasteiger partial charge in [0.15, 0.2) is 18.1 Å². The van der Waals surface area contributed by atoms with Crippen LogP contribution in [0.25, 0.3) is 0 Å². The summed E-state index contributed by atoms with van der Waals surface area (Å²) >= 11 is 1.37. The lowest BCUT2D eigenvalue weighted by atomic mass is 10.1. The normalized spacial score (nSPS) is 12.1. The molecule has 8 nitrogen and oxygen atoms in total. The Morgan fingerprint density at radius 2 is 1.84 bits per heavy atom. The summed E-state index contributed by atoms with van der Waals surface area (Å²) < 4.78 is 20.9. The maximum atomic E-state index is 12.4. The van der Waals surface area contributed by atoms with Crippen molar-refractivity contribution < 1.29 is 33.3 Å². The van der Waals surface area contributed by atoms with Crippen LogP contribution in [0.3, 0.4) is 0 Å². The number of benzene rings is 1. The van der Waals surface area contributed by atoms with Crippen molar-refractivity contribution in [3.05, 3.63) is 39.8 Å². The first-order valence-electron chi connectivity index (χ1n) is 10.1. The van der Waals surface area contributed by atoms with Crippen LogP contribution >= 0.6 is 11.3 Å². The van der Waals surface area contributed by atoms with Crippen molar-refractivity contribution in [2.45, 2.75) is 33.1 Å². The monoisotopic (exact) mass is 447 g/mol. The number of fused-ring (bicyclic) bond motifs is 1. The Morgan fingerprint density at radius 1 is 1.03 bits per heavy atom. The SMILES string of the molecule is CCOC(=O)c1c(NC(=O)COC(=O)c2ccc(OC)c(OCC)c2)sc2c1CCC2. The fourth-order valence-electron chi connectivity index (χ4n) is 3.36. The molecule has 1 N–H and O–H groups in total. The molecule has 0 unspecified atom stereocenters. The van der Waals surface area contributed by atoms with Crippen molar-refractivity contribution in [3.63, 3.8) is 0 Å². The average Bonchev–Trinajstić information content (AvgIpc) is 3.33. The Labute approximate surface area is 184 Å². The van der Waals surface area contributed by atoms with Gasteiger partial charge in [0.25, 0.3) is 5.91 Å². The number of carbonyl (C=O) groups is 3. The van der Waals surface area contributed by atoms with Gasteiger partial charge in [-0.3, -0.25) is 4.79 Å². The van der Waals surface area contributed by atoms with E-state index in [2.05, 4.69) is 5.32 Å². The number of hydrogen-bond acceptors (Lipinski definition) is 8. The van der Waals surface area contributed by atoms with Gasteiger partial charge in [-0.15, -0.1) is 11.3 Å². The van der Waals surface area contributed by atoms with E-state index >= 15 is 0 Å². The Hall–Kier alpha value is -3.07. The highest BCUT2D eigenvalue weighted by molar-refractivity contribution is 7.17. The van der Waals surface area contributed by atoms with E-state index in [-0.39, 0.29) is 12.2 Å². The van der Waals surface area contributed by atoms with Gasteiger partial charge in [-0.2, -0.15) is 0 Å². The predicted molar refractivity (Wildman–Crippen MR) is 115 cm³/mol. The maximum absolute atomic E-state index is 12.4. The second-order valence-electron chi connectivity index (χ2n) is 6.70. The van der Waals surface area contributed by atoms with E-state index in [0.29, 0.717) is 28.7 Å². The standard InChI is InChI=1S/C22H25NO7S/c1-4-28-16-11-13(9-10-15(16)27-3)21(25)30-12-18(24)23-20-19(22(26)29-5-2)14-7-6-8-17(14)31-20/h9-11H,4-8,12H2,1-3H3,(H,23,24). The van der Waals surface area contributed by atoms with Gasteiger partial charge in [0.05, 0.1) is 31.5 Å². The van der Waals surface area contributed by atoms with Crippen LogP contribution in [0, 0.1) is 0 Å². The Balaban J connectivity index is 1.65. The Morgan fingerprint density at radius 3 is 2.55 bits per heavy atom. The zero-order valence-electron chi connectivity index (χ0n) is 17.7. The molecule has 3 rings (SSSR count). The van der Waals surface area contributed by atoms with E-state index in [1.807, 2.05) is 6.92 Å².